The first-order chi connectivity index (χ1) is 7.45. The Bertz CT molecular complexity index is 473. The average molecular weight is 194 g/mol. The minimum Gasteiger partial charge on any atom is -0.0801 e. The third-order valence-corrected chi connectivity index (χ3v) is 3.19. The molecule has 0 radical (unpaired) electrons. The summed E-state index contributed by atoms with van der Waals surface area (Å²) < 4.78 is 0. The zero-order chi connectivity index (χ0) is 10.1. The monoisotopic (exact) mass is 194 g/mol. The van der Waals surface area contributed by atoms with Crippen molar-refractivity contribution in [2.45, 2.75) is 19.3 Å². The van der Waals surface area contributed by atoms with E-state index >= 15 is 0 Å². The van der Waals surface area contributed by atoms with E-state index < -0.39 is 0 Å². The highest BCUT2D eigenvalue weighted by Crippen LogP contribution is 2.34. The van der Waals surface area contributed by atoms with Crippen LogP contribution < -0.4 is 0 Å². The van der Waals surface area contributed by atoms with Crippen LogP contribution in [0.5, 0.6) is 0 Å². The summed E-state index contributed by atoms with van der Waals surface area (Å²) in [6, 6.07) is 8.79. The van der Waals surface area contributed by atoms with E-state index in [-0.39, 0.29) is 0 Å². The van der Waals surface area contributed by atoms with Gasteiger partial charge in [0.2, 0.25) is 0 Å². The molecule has 2 aliphatic carbocycles. The van der Waals surface area contributed by atoms with Crippen molar-refractivity contribution in [3.05, 3.63) is 65.3 Å². The predicted molar refractivity (Wildman–Crippen MR) is 64.6 cm³/mol. The maximum Gasteiger partial charge on any atom is -0.00913 e. The molecule has 0 nitrogen and oxygen atoms in total. The van der Waals surface area contributed by atoms with E-state index in [0.717, 1.165) is 6.42 Å². The Morgan fingerprint density at radius 3 is 3.00 bits per heavy atom. The SMILES string of the molecule is C1=CCC2=CCCc3ccccc3C2=C1. The zero-order valence-electron chi connectivity index (χ0n) is 8.74. The Balaban J connectivity index is 2.21. The molecule has 0 saturated heterocycles. The van der Waals surface area contributed by atoms with Crippen molar-refractivity contribution in [1.29, 1.82) is 0 Å². The highest BCUT2D eigenvalue weighted by atomic mass is 14.2. The summed E-state index contributed by atoms with van der Waals surface area (Å²) in [6.07, 6.45) is 12.5. The van der Waals surface area contributed by atoms with Crippen molar-refractivity contribution >= 4 is 5.57 Å². The van der Waals surface area contributed by atoms with E-state index in [1.54, 1.807) is 0 Å². The van der Waals surface area contributed by atoms with Crippen LogP contribution in [-0.2, 0) is 6.42 Å². The lowest BCUT2D eigenvalue weighted by molar-refractivity contribution is 0.999. The van der Waals surface area contributed by atoms with Gasteiger partial charge >= 0.3 is 0 Å². The number of fused-ring (bicyclic) bond motifs is 3. The van der Waals surface area contributed by atoms with Gasteiger partial charge in [0.15, 0.2) is 0 Å². The molecule has 0 atom stereocenters. The molecule has 1 aromatic carbocycles. The molecule has 0 fully saturated rings. The van der Waals surface area contributed by atoms with Crippen molar-refractivity contribution in [3.63, 3.8) is 0 Å². The summed E-state index contributed by atoms with van der Waals surface area (Å²) >= 11 is 0. The van der Waals surface area contributed by atoms with Gasteiger partial charge in [-0.2, -0.15) is 0 Å². The number of hydrogen-bond donors (Lipinski definition) is 0. The highest BCUT2D eigenvalue weighted by molar-refractivity contribution is 5.83. The average Bonchev–Trinajstić information content (AvgIpc) is 2.48. The first kappa shape index (κ1) is 8.72. The maximum absolute atomic E-state index is 2.40. The highest BCUT2D eigenvalue weighted by Gasteiger charge is 2.14. The van der Waals surface area contributed by atoms with Crippen molar-refractivity contribution in [3.8, 4) is 0 Å². The smallest absolute Gasteiger partial charge is 0.00913 e. The molecule has 0 saturated carbocycles. The van der Waals surface area contributed by atoms with E-state index in [1.807, 2.05) is 0 Å². The van der Waals surface area contributed by atoms with Crippen LogP contribution >= 0.6 is 0 Å². The minimum absolute atomic E-state index is 1.10. The standard InChI is InChI=1S/C15H14/c1-3-10-14-12(6-1)8-5-9-13-7-2-4-11-15(13)14/h1-4,6,9-11H,5,7-8H2. The number of aryl methyl sites for hydroxylation is 1. The molecule has 0 heteroatoms. The van der Waals surface area contributed by atoms with Crippen LogP contribution in [0, 0.1) is 0 Å². The first-order valence-electron chi connectivity index (χ1n) is 5.59. The van der Waals surface area contributed by atoms with E-state index in [2.05, 4.69) is 48.6 Å². The zero-order valence-corrected chi connectivity index (χ0v) is 8.74. The second kappa shape index (κ2) is 3.54. The quantitative estimate of drug-likeness (QED) is 0.587. The Morgan fingerprint density at radius 2 is 2.00 bits per heavy atom. The lowest BCUT2D eigenvalue weighted by Crippen LogP contribution is -1.94. The Labute approximate surface area is 90.6 Å². The molecule has 0 bridgehead atoms. The molecule has 0 heterocycles. The summed E-state index contributed by atoms with van der Waals surface area (Å²) in [5, 5.41) is 0. The summed E-state index contributed by atoms with van der Waals surface area (Å²) in [5.74, 6) is 0. The van der Waals surface area contributed by atoms with Crippen molar-refractivity contribution < 1.29 is 0 Å². The van der Waals surface area contributed by atoms with Crippen LogP contribution in [0.4, 0.5) is 0 Å². The largest absolute Gasteiger partial charge is 0.0801 e. The van der Waals surface area contributed by atoms with Gasteiger partial charge < -0.3 is 0 Å². The molecule has 0 N–H and O–H groups in total. The molecule has 0 amide bonds. The van der Waals surface area contributed by atoms with Gasteiger partial charge in [0.05, 0.1) is 0 Å². The fraction of sp³-hybridized carbons (Fsp3) is 0.200. The molecule has 0 unspecified atom stereocenters. The van der Waals surface area contributed by atoms with Crippen LogP contribution in [0.25, 0.3) is 5.57 Å². The fourth-order valence-corrected chi connectivity index (χ4v) is 2.44. The van der Waals surface area contributed by atoms with E-state index in [4.69, 9.17) is 0 Å². The van der Waals surface area contributed by atoms with Crippen LogP contribution in [-0.4, -0.2) is 0 Å². The Hall–Kier alpha value is -1.56. The summed E-state index contributed by atoms with van der Waals surface area (Å²) in [4.78, 5) is 0. The number of allylic oxidation sites excluding steroid dienone is 6. The van der Waals surface area contributed by atoms with E-state index in [0.29, 0.717) is 0 Å². The molecule has 0 aromatic heterocycles. The minimum atomic E-state index is 1.10. The van der Waals surface area contributed by atoms with Crippen molar-refractivity contribution in [1.82, 2.24) is 0 Å². The predicted octanol–water partition coefficient (Wildman–Crippen LogP) is 3.90. The van der Waals surface area contributed by atoms with Crippen LogP contribution in [0.2, 0.25) is 0 Å². The third-order valence-electron chi connectivity index (χ3n) is 3.19. The third kappa shape index (κ3) is 1.46. The van der Waals surface area contributed by atoms with Gasteiger partial charge in [-0.3, -0.25) is 0 Å². The number of hydrogen-bond acceptors (Lipinski definition) is 0. The number of benzene rings is 1. The second-order valence-electron chi connectivity index (χ2n) is 4.14. The summed E-state index contributed by atoms with van der Waals surface area (Å²) in [6.45, 7) is 0. The second-order valence-corrected chi connectivity index (χ2v) is 4.14. The van der Waals surface area contributed by atoms with E-state index in [9.17, 15) is 0 Å². The Kier molecular flexibility index (Phi) is 2.06. The van der Waals surface area contributed by atoms with Crippen molar-refractivity contribution in [2.75, 3.05) is 0 Å². The molecule has 1 aromatic rings. The number of rotatable bonds is 0. The van der Waals surface area contributed by atoms with Crippen molar-refractivity contribution in [2.24, 2.45) is 0 Å². The Morgan fingerprint density at radius 1 is 1.07 bits per heavy atom. The van der Waals surface area contributed by atoms with Gasteiger partial charge in [0.1, 0.15) is 0 Å². The molecular weight excluding hydrogens is 180 g/mol. The van der Waals surface area contributed by atoms with Crippen LogP contribution in [0.1, 0.15) is 24.0 Å². The topological polar surface area (TPSA) is 0 Å². The van der Waals surface area contributed by atoms with Gasteiger partial charge in [0.25, 0.3) is 0 Å². The van der Waals surface area contributed by atoms with Gasteiger partial charge in [-0.25, -0.2) is 0 Å². The molecule has 74 valence electrons. The lowest BCUT2D eigenvalue weighted by Gasteiger charge is -2.14. The molecule has 15 heavy (non-hydrogen) atoms. The molecule has 0 spiro atoms. The summed E-state index contributed by atoms with van der Waals surface area (Å²) in [5.41, 5.74) is 5.86. The molecule has 3 rings (SSSR count). The normalized spacial score (nSPS) is 18.4. The van der Waals surface area contributed by atoms with Crippen LogP contribution in [0.3, 0.4) is 0 Å². The first-order valence-corrected chi connectivity index (χ1v) is 5.59. The maximum atomic E-state index is 2.40. The van der Waals surface area contributed by atoms with Gasteiger partial charge in [-0.05, 0) is 41.5 Å². The lowest BCUT2D eigenvalue weighted by atomic mass is 9.91. The fourth-order valence-electron chi connectivity index (χ4n) is 2.44. The van der Waals surface area contributed by atoms with Gasteiger partial charge in [-0.15, -0.1) is 0 Å². The summed E-state index contributed by atoms with van der Waals surface area (Å²) in [7, 11) is 0. The molecular formula is C15H14. The molecule has 2 aliphatic rings. The molecule has 0 aliphatic heterocycles. The van der Waals surface area contributed by atoms with Gasteiger partial charge in [-0.1, -0.05) is 48.6 Å². The van der Waals surface area contributed by atoms with Crippen LogP contribution in [0.15, 0.2) is 54.1 Å². The van der Waals surface area contributed by atoms with Gasteiger partial charge in [0, 0.05) is 0 Å². The van der Waals surface area contributed by atoms with E-state index in [1.165, 1.54) is 35.1 Å².